The lowest BCUT2D eigenvalue weighted by atomic mass is 10.1. The van der Waals surface area contributed by atoms with Gasteiger partial charge in [0.1, 0.15) is 0 Å². The summed E-state index contributed by atoms with van der Waals surface area (Å²) in [5.74, 6) is -0.108. The maximum absolute atomic E-state index is 12.5. The Kier molecular flexibility index (Phi) is 5.59. The Morgan fingerprint density at radius 1 is 0.963 bits per heavy atom. The first-order valence-corrected chi connectivity index (χ1v) is 11.7. The number of rotatable bonds is 7. The van der Waals surface area contributed by atoms with E-state index in [0.717, 1.165) is 12.8 Å². The molecule has 2 aromatic rings. The van der Waals surface area contributed by atoms with E-state index in [4.69, 9.17) is 9.16 Å². The molecule has 0 spiro atoms. The van der Waals surface area contributed by atoms with Gasteiger partial charge in [0.2, 0.25) is 0 Å². The lowest BCUT2D eigenvalue weighted by Gasteiger charge is -2.43. The molecule has 1 aliphatic rings. The quantitative estimate of drug-likeness (QED) is 0.538. The maximum Gasteiger partial charge on any atom is 0.314 e. The molecular formula is C23H30O3Si. The first-order chi connectivity index (χ1) is 12.9. The van der Waals surface area contributed by atoms with Gasteiger partial charge in [-0.05, 0) is 35.2 Å². The smallest absolute Gasteiger partial charge is 0.314 e. The van der Waals surface area contributed by atoms with Gasteiger partial charge in [0.15, 0.2) is 0 Å². The van der Waals surface area contributed by atoms with Crippen molar-refractivity contribution in [3.8, 4) is 0 Å². The molecule has 144 valence electrons. The van der Waals surface area contributed by atoms with Crippen molar-refractivity contribution in [2.75, 3.05) is 13.2 Å². The van der Waals surface area contributed by atoms with Crippen molar-refractivity contribution in [2.45, 2.75) is 45.6 Å². The minimum atomic E-state index is -2.60. The topological polar surface area (TPSA) is 35.5 Å². The van der Waals surface area contributed by atoms with Gasteiger partial charge in [0, 0.05) is 0 Å². The number of esters is 1. The van der Waals surface area contributed by atoms with Crippen LogP contribution in [0, 0.1) is 5.41 Å². The third-order valence-corrected chi connectivity index (χ3v) is 10.5. The third-order valence-electron chi connectivity index (χ3n) is 5.54. The van der Waals surface area contributed by atoms with Crippen molar-refractivity contribution >= 4 is 24.7 Å². The first kappa shape index (κ1) is 19.8. The zero-order valence-electron chi connectivity index (χ0n) is 16.8. The largest absolute Gasteiger partial charge is 0.465 e. The van der Waals surface area contributed by atoms with E-state index in [0.29, 0.717) is 13.2 Å². The highest BCUT2D eigenvalue weighted by atomic mass is 28.4. The van der Waals surface area contributed by atoms with Gasteiger partial charge in [-0.3, -0.25) is 4.79 Å². The zero-order chi connectivity index (χ0) is 19.5. The lowest BCUT2D eigenvalue weighted by Crippen LogP contribution is -2.67. The second-order valence-electron chi connectivity index (χ2n) is 8.45. The maximum atomic E-state index is 12.5. The molecular weight excluding hydrogens is 352 g/mol. The zero-order valence-corrected chi connectivity index (χ0v) is 17.8. The van der Waals surface area contributed by atoms with E-state index >= 15 is 0 Å². The highest BCUT2D eigenvalue weighted by Gasteiger charge is 2.56. The Balaban J connectivity index is 2.04. The monoisotopic (exact) mass is 382 g/mol. The van der Waals surface area contributed by atoms with Crippen LogP contribution in [0.3, 0.4) is 0 Å². The summed E-state index contributed by atoms with van der Waals surface area (Å²) in [4.78, 5) is 12.5. The Hall–Kier alpha value is -1.91. The molecule has 0 N–H and O–H groups in total. The molecule has 4 heteroatoms. The van der Waals surface area contributed by atoms with E-state index in [1.54, 1.807) is 0 Å². The number of carbonyl (C=O) groups excluding carboxylic acids is 1. The molecule has 0 saturated heterocycles. The van der Waals surface area contributed by atoms with Crippen LogP contribution in [-0.4, -0.2) is 27.5 Å². The van der Waals surface area contributed by atoms with Crippen LogP contribution < -0.4 is 10.4 Å². The van der Waals surface area contributed by atoms with Crippen LogP contribution in [0.25, 0.3) is 0 Å². The highest BCUT2D eigenvalue weighted by Crippen LogP contribution is 2.48. The van der Waals surface area contributed by atoms with Crippen LogP contribution in [0.1, 0.15) is 40.5 Å². The van der Waals surface area contributed by atoms with Crippen LogP contribution in [0.2, 0.25) is 5.04 Å². The lowest BCUT2D eigenvalue weighted by molar-refractivity contribution is -0.151. The van der Waals surface area contributed by atoms with Gasteiger partial charge in [-0.2, -0.15) is 0 Å². The summed E-state index contributed by atoms with van der Waals surface area (Å²) in [7, 11) is -2.60. The van der Waals surface area contributed by atoms with Gasteiger partial charge in [0.05, 0.1) is 18.6 Å². The first-order valence-electron chi connectivity index (χ1n) is 9.78. The van der Waals surface area contributed by atoms with Gasteiger partial charge >= 0.3 is 5.97 Å². The van der Waals surface area contributed by atoms with Gasteiger partial charge in [0.25, 0.3) is 8.32 Å². The second kappa shape index (κ2) is 7.61. The Morgan fingerprint density at radius 3 is 1.81 bits per heavy atom. The standard InChI is InChI=1S/C23H30O3Si/c1-5-25-21(24)23(16-17-23)18-26-27(22(2,3)4,19-12-8-6-9-13-19)20-14-10-7-11-15-20/h6-15H,5,16-18H2,1-4H3. The average molecular weight is 383 g/mol. The van der Waals surface area contributed by atoms with Crippen LogP contribution in [0.5, 0.6) is 0 Å². The molecule has 27 heavy (non-hydrogen) atoms. The van der Waals surface area contributed by atoms with Gasteiger partial charge in [-0.15, -0.1) is 0 Å². The molecule has 0 aliphatic heterocycles. The summed E-state index contributed by atoms with van der Waals surface area (Å²) in [6, 6.07) is 21.1. The Bertz CT molecular complexity index is 722. The molecule has 0 radical (unpaired) electrons. The molecule has 3 rings (SSSR count). The van der Waals surface area contributed by atoms with Gasteiger partial charge in [-0.25, -0.2) is 0 Å². The predicted octanol–water partition coefficient (Wildman–Crippen LogP) is 3.91. The molecule has 0 amide bonds. The van der Waals surface area contributed by atoms with Gasteiger partial charge in [-0.1, -0.05) is 81.4 Å². The fourth-order valence-corrected chi connectivity index (χ4v) is 8.50. The third kappa shape index (κ3) is 3.74. The Labute approximate surface area is 163 Å². The number of hydrogen-bond donors (Lipinski definition) is 0. The summed E-state index contributed by atoms with van der Waals surface area (Å²) in [6.45, 7) is 9.46. The normalized spacial score (nSPS) is 16.0. The molecule has 0 heterocycles. The van der Waals surface area contributed by atoms with E-state index in [2.05, 4.69) is 69.3 Å². The predicted molar refractivity (Wildman–Crippen MR) is 112 cm³/mol. The van der Waals surface area contributed by atoms with E-state index in [9.17, 15) is 4.79 Å². The van der Waals surface area contributed by atoms with Gasteiger partial charge < -0.3 is 9.16 Å². The average Bonchev–Trinajstić information content (AvgIpc) is 3.44. The minimum Gasteiger partial charge on any atom is -0.465 e. The number of hydrogen-bond acceptors (Lipinski definition) is 3. The Morgan fingerprint density at radius 2 is 1.44 bits per heavy atom. The number of ether oxygens (including phenoxy) is 1. The molecule has 0 bridgehead atoms. The summed E-state index contributed by atoms with van der Waals surface area (Å²) < 4.78 is 12.2. The van der Waals surface area contributed by atoms with Crippen molar-refractivity contribution in [1.29, 1.82) is 0 Å². The minimum absolute atomic E-state index is 0.0829. The molecule has 0 unspecified atom stereocenters. The molecule has 0 aromatic heterocycles. The fraction of sp³-hybridized carbons (Fsp3) is 0.435. The van der Waals surface area contributed by atoms with E-state index in [-0.39, 0.29) is 11.0 Å². The van der Waals surface area contributed by atoms with Crippen LogP contribution in [0.15, 0.2) is 60.7 Å². The molecule has 1 aliphatic carbocycles. The van der Waals surface area contributed by atoms with Crippen molar-refractivity contribution < 1.29 is 14.0 Å². The fourth-order valence-electron chi connectivity index (χ4n) is 3.85. The second-order valence-corrected chi connectivity index (χ2v) is 12.8. The van der Waals surface area contributed by atoms with Crippen LogP contribution >= 0.6 is 0 Å². The van der Waals surface area contributed by atoms with E-state index < -0.39 is 13.7 Å². The summed E-state index contributed by atoms with van der Waals surface area (Å²) >= 11 is 0. The summed E-state index contributed by atoms with van der Waals surface area (Å²) in [6.07, 6.45) is 1.70. The number of benzene rings is 2. The van der Waals surface area contributed by atoms with Crippen LogP contribution in [0.4, 0.5) is 0 Å². The van der Waals surface area contributed by atoms with Crippen molar-refractivity contribution in [3.05, 3.63) is 60.7 Å². The van der Waals surface area contributed by atoms with Crippen molar-refractivity contribution in [2.24, 2.45) is 5.41 Å². The molecule has 0 atom stereocenters. The van der Waals surface area contributed by atoms with E-state index in [1.165, 1.54) is 10.4 Å². The molecule has 3 nitrogen and oxygen atoms in total. The summed E-state index contributed by atoms with van der Waals surface area (Å²) in [5, 5.41) is 2.40. The highest BCUT2D eigenvalue weighted by molar-refractivity contribution is 6.99. The molecule has 2 aromatic carbocycles. The molecule has 1 saturated carbocycles. The summed E-state index contributed by atoms with van der Waals surface area (Å²) in [5.41, 5.74) is -0.455. The SMILES string of the molecule is CCOC(=O)C1(CO[Si](c2ccccc2)(c2ccccc2)C(C)(C)C)CC1. The van der Waals surface area contributed by atoms with Crippen molar-refractivity contribution in [3.63, 3.8) is 0 Å². The van der Waals surface area contributed by atoms with Crippen LogP contribution in [-0.2, 0) is 14.0 Å². The number of carbonyl (C=O) groups is 1. The van der Waals surface area contributed by atoms with Crippen molar-refractivity contribution in [1.82, 2.24) is 0 Å². The molecule has 1 fully saturated rings. The van der Waals surface area contributed by atoms with E-state index in [1.807, 2.05) is 19.1 Å².